The number of H-pyrrole nitrogens is 1. The largest absolute Gasteiger partial charge is 0.464 e. The van der Waals surface area contributed by atoms with Gasteiger partial charge in [-0.3, -0.25) is 19.1 Å². The van der Waals surface area contributed by atoms with Gasteiger partial charge in [-0.1, -0.05) is 43.7 Å². The van der Waals surface area contributed by atoms with Crippen molar-refractivity contribution in [3.63, 3.8) is 0 Å². The first-order valence-electron chi connectivity index (χ1n) is 10.2. The first-order chi connectivity index (χ1) is 14.9. The molecule has 2 aromatic heterocycles. The number of fused-ring (bicyclic) bond motifs is 3. The first kappa shape index (κ1) is 20.5. The number of likely N-dealkylation sites (N-methyl/N-ethyl adjacent to an activating group) is 1. The molecular formula is C23H24N4O4. The lowest BCUT2D eigenvalue weighted by Gasteiger charge is -2.20. The first-order valence-corrected chi connectivity index (χ1v) is 10.2. The average molecular weight is 420 g/mol. The van der Waals surface area contributed by atoms with Crippen LogP contribution in [0.2, 0.25) is 0 Å². The highest BCUT2D eigenvalue weighted by atomic mass is 16.3. The molecule has 1 amide bonds. The second-order valence-corrected chi connectivity index (χ2v) is 7.55. The van der Waals surface area contributed by atoms with Crippen molar-refractivity contribution in [2.75, 3.05) is 17.7 Å². The molecular weight excluding hydrogens is 396 g/mol. The maximum Gasteiger partial charge on any atom is 0.330 e. The molecule has 0 saturated heterocycles. The number of benzene rings is 2. The van der Waals surface area contributed by atoms with Crippen molar-refractivity contribution in [3.05, 3.63) is 69.1 Å². The molecule has 0 aliphatic rings. The molecule has 4 aromatic rings. The molecule has 8 nitrogen and oxygen atoms in total. The van der Waals surface area contributed by atoms with Gasteiger partial charge in [-0.25, -0.2) is 4.79 Å². The summed E-state index contributed by atoms with van der Waals surface area (Å²) in [5.41, 5.74) is 6.25. The Morgan fingerprint density at radius 2 is 1.97 bits per heavy atom. The molecule has 3 N–H and O–H groups in total. The predicted molar refractivity (Wildman–Crippen MR) is 121 cm³/mol. The van der Waals surface area contributed by atoms with Gasteiger partial charge in [-0.2, -0.15) is 0 Å². The fraction of sp³-hybridized carbons (Fsp3) is 0.261. The van der Waals surface area contributed by atoms with Gasteiger partial charge in [0.15, 0.2) is 5.69 Å². The smallest absolute Gasteiger partial charge is 0.330 e. The highest BCUT2D eigenvalue weighted by Crippen LogP contribution is 2.30. The molecule has 2 aromatic carbocycles. The average Bonchev–Trinajstić information content (AvgIpc) is 3.16. The second kappa shape index (κ2) is 8.14. The van der Waals surface area contributed by atoms with E-state index in [1.54, 1.807) is 6.26 Å². The van der Waals surface area contributed by atoms with Gasteiger partial charge in [0.25, 0.3) is 5.56 Å². The molecule has 0 radical (unpaired) electrons. The Bertz CT molecular complexity index is 1400. The SMILES string of the molecule is CCCCn1c(N)c(N(C)C(=O)Cc2coc3ccc4ccccc4c23)c(=O)[nH]c1=O. The molecule has 4 rings (SSSR count). The van der Waals surface area contributed by atoms with Crippen molar-refractivity contribution >= 4 is 39.2 Å². The van der Waals surface area contributed by atoms with Crippen LogP contribution >= 0.6 is 0 Å². The minimum absolute atomic E-state index is 0.0134. The molecule has 0 fully saturated rings. The van der Waals surface area contributed by atoms with E-state index < -0.39 is 11.2 Å². The van der Waals surface area contributed by atoms with Crippen LogP contribution in [0, 0.1) is 0 Å². The van der Waals surface area contributed by atoms with Gasteiger partial charge in [0.1, 0.15) is 11.4 Å². The van der Waals surface area contributed by atoms with Gasteiger partial charge in [0, 0.05) is 24.5 Å². The number of furan rings is 1. The summed E-state index contributed by atoms with van der Waals surface area (Å²) in [7, 11) is 1.48. The maximum absolute atomic E-state index is 13.1. The molecule has 0 bridgehead atoms. The number of nitrogens with two attached hydrogens (primary N) is 1. The number of aromatic amines is 1. The zero-order valence-electron chi connectivity index (χ0n) is 17.5. The van der Waals surface area contributed by atoms with Crippen LogP contribution in [0.4, 0.5) is 11.5 Å². The number of aromatic nitrogens is 2. The van der Waals surface area contributed by atoms with E-state index in [1.165, 1.54) is 16.5 Å². The Labute approximate surface area is 177 Å². The number of carbonyl (C=O) groups excluding carboxylic acids is 1. The van der Waals surface area contributed by atoms with Crippen molar-refractivity contribution in [1.29, 1.82) is 0 Å². The van der Waals surface area contributed by atoms with Crippen LogP contribution in [0.3, 0.4) is 0 Å². The number of anilines is 2. The Morgan fingerprint density at radius 1 is 1.19 bits per heavy atom. The van der Waals surface area contributed by atoms with Gasteiger partial charge < -0.3 is 15.1 Å². The zero-order valence-corrected chi connectivity index (χ0v) is 17.5. The molecule has 160 valence electrons. The number of hydrogen-bond donors (Lipinski definition) is 2. The number of amides is 1. The van der Waals surface area contributed by atoms with Crippen molar-refractivity contribution in [3.8, 4) is 0 Å². The summed E-state index contributed by atoms with van der Waals surface area (Å²) in [5, 5.41) is 2.90. The van der Waals surface area contributed by atoms with Crippen LogP contribution in [-0.2, 0) is 17.8 Å². The van der Waals surface area contributed by atoms with Gasteiger partial charge in [-0.05, 0) is 23.3 Å². The highest BCUT2D eigenvalue weighted by Gasteiger charge is 2.22. The molecule has 0 unspecified atom stereocenters. The van der Waals surface area contributed by atoms with Gasteiger partial charge >= 0.3 is 5.69 Å². The number of nitrogens with one attached hydrogen (secondary N) is 1. The quantitative estimate of drug-likeness (QED) is 0.498. The van der Waals surface area contributed by atoms with Gasteiger partial charge in [0.05, 0.1) is 12.7 Å². The third-order valence-corrected chi connectivity index (χ3v) is 5.54. The predicted octanol–water partition coefficient (Wildman–Crippen LogP) is 3.02. The van der Waals surface area contributed by atoms with Crippen LogP contribution in [0.15, 0.2) is 56.7 Å². The van der Waals surface area contributed by atoms with Crippen LogP contribution in [0.1, 0.15) is 25.3 Å². The summed E-state index contributed by atoms with van der Waals surface area (Å²) in [4.78, 5) is 41.2. The number of unbranched alkanes of at least 4 members (excludes halogenated alkanes) is 1. The minimum atomic E-state index is -0.686. The van der Waals surface area contributed by atoms with E-state index in [0.717, 1.165) is 34.6 Å². The lowest BCUT2D eigenvalue weighted by Crippen LogP contribution is -2.39. The zero-order chi connectivity index (χ0) is 22.1. The summed E-state index contributed by atoms with van der Waals surface area (Å²) < 4.78 is 6.96. The summed E-state index contributed by atoms with van der Waals surface area (Å²) in [6, 6.07) is 11.7. The van der Waals surface area contributed by atoms with Crippen molar-refractivity contribution < 1.29 is 9.21 Å². The van der Waals surface area contributed by atoms with E-state index in [2.05, 4.69) is 4.98 Å². The van der Waals surface area contributed by atoms with Crippen LogP contribution in [0.25, 0.3) is 21.7 Å². The standard InChI is InChI=1S/C23H24N4O4/c1-3-4-11-27-21(24)20(22(29)25-23(27)30)26(2)18(28)12-15-13-31-17-10-9-14-7-5-6-8-16(14)19(15)17/h5-10,13H,3-4,11-12,24H2,1-2H3,(H,25,29,30). The van der Waals surface area contributed by atoms with E-state index in [4.69, 9.17) is 10.2 Å². The lowest BCUT2D eigenvalue weighted by molar-refractivity contribution is -0.117. The molecule has 2 heterocycles. The Balaban J connectivity index is 1.71. The summed E-state index contributed by atoms with van der Waals surface area (Å²) >= 11 is 0. The van der Waals surface area contributed by atoms with Crippen molar-refractivity contribution in [2.45, 2.75) is 32.7 Å². The Morgan fingerprint density at radius 3 is 2.74 bits per heavy atom. The summed E-state index contributed by atoms with van der Waals surface area (Å²) in [6.07, 6.45) is 3.17. The third-order valence-electron chi connectivity index (χ3n) is 5.54. The Kier molecular flexibility index (Phi) is 5.37. The van der Waals surface area contributed by atoms with Crippen LogP contribution in [-0.4, -0.2) is 22.5 Å². The normalized spacial score (nSPS) is 11.3. The summed E-state index contributed by atoms with van der Waals surface area (Å²) in [6.45, 7) is 2.35. The van der Waals surface area contributed by atoms with Crippen molar-refractivity contribution in [1.82, 2.24) is 9.55 Å². The van der Waals surface area contributed by atoms with Crippen molar-refractivity contribution in [2.24, 2.45) is 0 Å². The minimum Gasteiger partial charge on any atom is -0.464 e. The monoisotopic (exact) mass is 420 g/mol. The number of nitrogen functional groups attached to an aromatic ring is 1. The fourth-order valence-corrected chi connectivity index (χ4v) is 3.85. The molecule has 8 heteroatoms. The van der Waals surface area contributed by atoms with Gasteiger partial charge in [0.2, 0.25) is 5.91 Å². The van der Waals surface area contributed by atoms with E-state index in [1.807, 2.05) is 43.3 Å². The molecule has 0 atom stereocenters. The number of rotatable bonds is 6. The molecule has 0 aliphatic heterocycles. The number of nitrogens with zero attached hydrogens (tertiary/aromatic N) is 2. The molecule has 0 aliphatic carbocycles. The molecule has 31 heavy (non-hydrogen) atoms. The number of carbonyl (C=O) groups is 1. The summed E-state index contributed by atoms with van der Waals surface area (Å²) in [5.74, 6) is -0.353. The molecule has 0 spiro atoms. The third kappa shape index (κ3) is 3.61. The second-order valence-electron chi connectivity index (χ2n) is 7.55. The number of hydrogen-bond acceptors (Lipinski definition) is 5. The Hall–Kier alpha value is -3.81. The van der Waals surface area contributed by atoms with Crippen LogP contribution < -0.4 is 21.9 Å². The van der Waals surface area contributed by atoms with E-state index in [9.17, 15) is 14.4 Å². The topological polar surface area (TPSA) is 114 Å². The van der Waals surface area contributed by atoms with E-state index >= 15 is 0 Å². The fourth-order valence-electron chi connectivity index (χ4n) is 3.85. The molecule has 0 saturated carbocycles. The van der Waals surface area contributed by atoms with E-state index in [-0.39, 0.29) is 23.8 Å². The van der Waals surface area contributed by atoms with Gasteiger partial charge in [-0.15, -0.1) is 0 Å². The maximum atomic E-state index is 13.1. The van der Waals surface area contributed by atoms with E-state index in [0.29, 0.717) is 12.1 Å². The lowest BCUT2D eigenvalue weighted by atomic mass is 10.0. The highest BCUT2D eigenvalue weighted by molar-refractivity contribution is 6.09. The van der Waals surface area contributed by atoms with Crippen LogP contribution in [0.5, 0.6) is 0 Å².